The largest absolute Gasteiger partial charge is 0.480 e. The quantitative estimate of drug-likeness (QED) is 0.721. The number of benzene rings is 2. The smallest absolute Gasteiger partial charge is 0.407 e. The van der Waals surface area contributed by atoms with Crippen LogP contribution in [-0.4, -0.2) is 47.0 Å². The number of methoxy groups -OCH3 is 1. The lowest BCUT2D eigenvalue weighted by Gasteiger charge is -2.45. The second-order valence-corrected chi connectivity index (χ2v) is 6.53. The second-order valence-electron chi connectivity index (χ2n) is 6.53. The van der Waals surface area contributed by atoms with Crippen molar-refractivity contribution in [3.8, 4) is 0 Å². The van der Waals surface area contributed by atoms with Crippen molar-refractivity contribution in [1.82, 2.24) is 10.2 Å². The molecule has 0 radical (unpaired) electrons. The van der Waals surface area contributed by atoms with Gasteiger partial charge in [-0.25, -0.2) is 9.59 Å². The summed E-state index contributed by atoms with van der Waals surface area (Å²) >= 11 is 0. The van der Waals surface area contributed by atoms with Crippen molar-refractivity contribution in [2.24, 2.45) is 0 Å². The van der Waals surface area contributed by atoms with E-state index in [4.69, 9.17) is 0 Å². The molecule has 0 spiro atoms. The van der Waals surface area contributed by atoms with Crippen molar-refractivity contribution < 1.29 is 29.0 Å². The first-order valence-corrected chi connectivity index (χ1v) is 8.97. The molecule has 3 rings (SSSR count). The third kappa shape index (κ3) is 3.44. The van der Waals surface area contributed by atoms with Crippen molar-refractivity contribution >= 4 is 23.9 Å². The molecule has 1 aliphatic rings. The molecule has 0 saturated carbocycles. The number of amides is 3. The normalized spacial score (nSPS) is 15.1. The Bertz CT molecular complexity index is 873. The zero-order valence-electron chi connectivity index (χ0n) is 15.7. The van der Waals surface area contributed by atoms with Gasteiger partial charge in [0.1, 0.15) is 5.54 Å². The minimum absolute atomic E-state index is 0.0369. The molecule has 2 aromatic carbocycles. The van der Waals surface area contributed by atoms with E-state index in [0.717, 1.165) is 12.0 Å². The summed E-state index contributed by atoms with van der Waals surface area (Å²) in [5.74, 6) is -2.45. The van der Waals surface area contributed by atoms with Gasteiger partial charge in [-0.1, -0.05) is 60.7 Å². The fourth-order valence-electron chi connectivity index (χ4n) is 3.76. The van der Waals surface area contributed by atoms with E-state index in [1.54, 1.807) is 60.7 Å². The van der Waals surface area contributed by atoms with Crippen molar-refractivity contribution in [2.45, 2.75) is 24.4 Å². The van der Waals surface area contributed by atoms with Crippen LogP contribution in [0.15, 0.2) is 60.7 Å². The summed E-state index contributed by atoms with van der Waals surface area (Å²) in [4.78, 5) is 51.0. The molecule has 1 aliphatic heterocycles. The number of alkyl carbamates (subject to hydrolysis) is 1. The molecule has 8 heteroatoms. The molecule has 3 amide bonds. The number of carbonyl (C=O) groups excluding carboxylic acids is 3. The number of carboxylic acids is 1. The average Bonchev–Trinajstić information content (AvgIpc) is 3.08. The first-order valence-electron chi connectivity index (χ1n) is 8.97. The number of likely N-dealkylation sites (tertiary alicyclic amines) is 1. The van der Waals surface area contributed by atoms with Gasteiger partial charge in [-0.05, 0) is 11.1 Å². The zero-order chi connectivity index (χ0) is 21.0. The van der Waals surface area contributed by atoms with Crippen molar-refractivity contribution in [1.29, 1.82) is 0 Å². The number of hydrogen-bond acceptors (Lipinski definition) is 5. The van der Waals surface area contributed by atoms with Gasteiger partial charge in [-0.2, -0.15) is 0 Å². The number of carboxylic acid groups (broad SMARTS) is 1. The average molecular weight is 396 g/mol. The number of hydrogen-bond donors (Lipinski definition) is 2. The molecule has 0 aromatic heterocycles. The summed E-state index contributed by atoms with van der Waals surface area (Å²) in [6, 6.07) is 15.0. The summed E-state index contributed by atoms with van der Waals surface area (Å²) in [5, 5.41) is 12.4. The molecule has 0 bridgehead atoms. The minimum Gasteiger partial charge on any atom is -0.480 e. The van der Waals surface area contributed by atoms with Crippen molar-refractivity contribution in [3.63, 3.8) is 0 Å². The maximum absolute atomic E-state index is 12.8. The van der Waals surface area contributed by atoms with Crippen LogP contribution in [0.1, 0.15) is 24.0 Å². The molecular weight excluding hydrogens is 376 g/mol. The second kappa shape index (κ2) is 8.14. The lowest BCUT2D eigenvalue weighted by molar-refractivity contribution is -0.151. The van der Waals surface area contributed by atoms with Gasteiger partial charge < -0.3 is 15.2 Å². The number of ether oxygens (including phenoxy) is 1. The molecule has 1 saturated heterocycles. The first kappa shape index (κ1) is 20.1. The lowest BCUT2D eigenvalue weighted by Crippen LogP contribution is -2.65. The van der Waals surface area contributed by atoms with Gasteiger partial charge in [0.2, 0.25) is 11.8 Å². The Balaban J connectivity index is 2.39. The molecule has 1 atom stereocenters. The summed E-state index contributed by atoms with van der Waals surface area (Å²) in [6.07, 6.45) is -1.07. The number of aliphatic carboxylic acids is 1. The van der Waals surface area contributed by atoms with Crippen LogP contribution in [0.3, 0.4) is 0 Å². The topological polar surface area (TPSA) is 113 Å². The Morgan fingerprint density at radius 3 is 1.79 bits per heavy atom. The summed E-state index contributed by atoms with van der Waals surface area (Å²) in [5.41, 5.74) is -1.05. The van der Waals surface area contributed by atoms with Crippen LogP contribution in [0.25, 0.3) is 0 Å². The van der Waals surface area contributed by atoms with Gasteiger partial charge in [0.25, 0.3) is 0 Å². The lowest BCUT2D eigenvalue weighted by atomic mass is 9.75. The van der Waals surface area contributed by atoms with Gasteiger partial charge >= 0.3 is 12.1 Å². The van der Waals surface area contributed by atoms with Gasteiger partial charge in [-0.3, -0.25) is 14.5 Å². The van der Waals surface area contributed by atoms with E-state index >= 15 is 0 Å². The number of imide groups is 1. The maximum atomic E-state index is 12.8. The summed E-state index contributed by atoms with van der Waals surface area (Å²) < 4.78 is 4.61. The molecule has 29 heavy (non-hydrogen) atoms. The zero-order valence-corrected chi connectivity index (χ0v) is 15.7. The summed E-state index contributed by atoms with van der Waals surface area (Å²) in [6.45, 7) is 0. The third-order valence-electron chi connectivity index (χ3n) is 4.94. The first-order chi connectivity index (χ1) is 13.9. The molecule has 1 fully saturated rings. The van der Waals surface area contributed by atoms with Gasteiger partial charge in [0, 0.05) is 12.8 Å². The fourth-order valence-corrected chi connectivity index (χ4v) is 3.76. The SMILES string of the molecule is COC(=O)NC(C(=O)O)C(c1ccccc1)(c1ccccc1)N1C(=O)CCC1=O. The standard InChI is InChI=1S/C21H20N2O6/c1-29-20(28)22-18(19(26)27)21(14-8-4-2-5-9-14,15-10-6-3-7-11-15)23-16(24)12-13-17(23)25/h2-11,18H,12-13H2,1H3,(H,22,28)(H,26,27). The van der Waals surface area contributed by atoms with E-state index in [9.17, 15) is 24.3 Å². The van der Waals surface area contributed by atoms with Crippen LogP contribution < -0.4 is 5.32 Å². The molecule has 1 unspecified atom stereocenters. The number of carbonyl (C=O) groups is 4. The van der Waals surface area contributed by atoms with E-state index in [2.05, 4.69) is 10.1 Å². The molecule has 1 heterocycles. The highest BCUT2D eigenvalue weighted by Gasteiger charge is 2.57. The Hall–Kier alpha value is -3.68. The molecule has 150 valence electrons. The van der Waals surface area contributed by atoms with E-state index in [1.165, 1.54) is 0 Å². The van der Waals surface area contributed by atoms with E-state index < -0.39 is 35.5 Å². The number of nitrogens with one attached hydrogen (secondary N) is 1. The molecule has 2 N–H and O–H groups in total. The predicted molar refractivity (Wildman–Crippen MR) is 102 cm³/mol. The van der Waals surface area contributed by atoms with Crippen LogP contribution in [-0.2, 0) is 24.7 Å². The van der Waals surface area contributed by atoms with Gasteiger partial charge in [0.05, 0.1) is 7.11 Å². The number of nitrogens with zero attached hydrogens (tertiary/aromatic N) is 1. The van der Waals surface area contributed by atoms with Crippen LogP contribution >= 0.6 is 0 Å². The summed E-state index contributed by atoms with van der Waals surface area (Å²) in [7, 11) is 1.10. The Morgan fingerprint density at radius 2 is 1.41 bits per heavy atom. The Labute approximate surface area is 167 Å². The highest BCUT2D eigenvalue weighted by molar-refractivity contribution is 6.04. The molecular formula is C21H20N2O6. The van der Waals surface area contributed by atoms with E-state index in [0.29, 0.717) is 11.1 Å². The molecule has 8 nitrogen and oxygen atoms in total. The van der Waals surface area contributed by atoms with Gasteiger partial charge in [0.15, 0.2) is 6.04 Å². The Morgan fingerprint density at radius 1 is 0.966 bits per heavy atom. The predicted octanol–water partition coefficient (Wildman–Crippen LogP) is 1.89. The van der Waals surface area contributed by atoms with Gasteiger partial charge in [-0.15, -0.1) is 0 Å². The highest BCUT2D eigenvalue weighted by atomic mass is 16.5. The highest BCUT2D eigenvalue weighted by Crippen LogP contribution is 2.42. The van der Waals surface area contributed by atoms with Crippen LogP contribution in [0.4, 0.5) is 4.79 Å². The number of rotatable bonds is 6. The van der Waals surface area contributed by atoms with Crippen molar-refractivity contribution in [3.05, 3.63) is 71.8 Å². The third-order valence-corrected chi connectivity index (χ3v) is 4.94. The molecule has 2 aromatic rings. The Kier molecular flexibility index (Phi) is 5.63. The van der Waals surface area contributed by atoms with Crippen molar-refractivity contribution in [2.75, 3.05) is 7.11 Å². The van der Waals surface area contributed by atoms with Crippen LogP contribution in [0, 0.1) is 0 Å². The van der Waals surface area contributed by atoms with Crippen LogP contribution in [0.2, 0.25) is 0 Å². The van der Waals surface area contributed by atoms with E-state index in [-0.39, 0.29) is 12.8 Å². The van der Waals surface area contributed by atoms with E-state index in [1.807, 2.05) is 0 Å². The fraction of sp³-hybridized carbons (Fsp3) is 0.238. The van der Waals surface area contributed by atoms with Crippen LogP contribution in [0.5, 0.6) is 0 Å². The monoisotopic (exact) mass is 396 g/mol. The molecule has 0 aliphatic carbocycles. The minimum atomic E-state index is -1.80. The maximum Gasteiger partial charge on any atom is 0.407 e.